The molecule has 0 unspecified atom stereocenters. The topological polar surface area (TPSA) is 119 Å². The summed E-state index contributed by atoms with van der Waals surface area (Å²) in [6, 6.07) is 0. The zero-order chi connectivity index (χ0) is 9.76. The Balaban J connectivity index is -0.000000213. The minimum Gasteiger partial charge on any atom is -1.00 e. The number of carboxylic acid groups (broad SMARTS) is 1. The second-order valence-corrected chi connectivity index (χ2v) is 5.63. The van der Waals surface area contributed by atoms with Crippen LogP contribution in [-0.4, -0.2) is 16.7 Å². The molecule has 4 saturated carbocycles. The average molecular weight is 690 g/mol. The van der Waals surface area contributed by atoms with Crippen LogP contribution in [0.25, 0.3) is 0 Å². The van der Waals surface area contributed by atoms with E-state index in [-0.39, 0.29) is 84.8 Å². The normalized spacial score (nSPS) is 34.5. The Morgan fingerprint density at radius 3 is 1.45 bits per heavy atom. The second kappa shape index (κ2) is 10.8. The first-order valence-corrected chi connectivity index (χ1v) is 5.66. The van der Waals surface area contributed by atoms with Gasteiger partial charge in [-0.3, -0.25) is 0 Å². The number of hydrogen-bond donors (Lipinski definition) is 4. The summed E-state index contributed by atoms with van der Waals surface area (Å²) in [5, 5.41) is 11.7. The van der Waals surface area contributed by atoms with E-state index in [1.54, 1.807) is 0 Å². The third-order valence-corrected chi connectivity index (χ3v) is 4.41. The predicted octanol–water partition coefficient (Wildman–Crippen LogP) is -3.45. The molecule has 0 aromatic rings. The van der Waals surface area contributed by atoms with Crippen LogP contribution in [0, 0.1) is 17.8 Å². The Morgan fingerprint density at radius 2 is 1.20 bits per heavy atom. The molecule has 0 heterocycles. The van der Waals surface area contributed by atoms with Gasteiger partial charge in [-0.2, -0.15) is 0 Å². The number of nitrogens with one attached hydrogen (secondary N) is 1. The van der Waals surface area contributed by atoms with Gasteiger partial charge in [-0.15, -0.1) is 0 Å². The van der Waals surface area contributed by atoms with Crippen LogP contribution in [0.15, 0.2) is 0 Å². The third kappa shape index (κ3) is 5.74. The fraction of sp³-hybridized carbons (Fsp3) is 0.909. The second-order valence-electron chi connectivity index (χ2n) is 5.63. The summed E-state index contributed by atoms with van der Waals surface area (Å²) >= 11 is 0. The number of amides is 1. The van der Waals surface area contributed by atoms with E-state index in [9.17, 15) is 4.79 Å². The van der Waals surface area contributed by atoms with E-state index in [0.717, 1.165) is 37.0 Å². The Labute approximate surface area is 161 Å². The minimum atomic E-state index is -0.827. The van der Waals surface area contributed by atoms with Crippen LogP contribution in [0.1, 0.15) is 38.5 Å². The van der Waals surface area contributed by atoms with E-state index in [1.165, 1.54) is 19.3 Å². The van der Waals surface area contributed by atoms with Crippen LogP contribution in [0.2, 0.25) is 0 Å². The summed E-state index contributed by atoms with van der Waals surface area (Å²) < 4.78 is 0. The van der Waals surface area contributed by atoms with Gasteiger partial charge in [0, 0.05) is 5.54 Å². The first-order chi connectivity index (χ1) is 6.65. The van der Waals surface area contributed by atoms with E-state index in [2.05, 4.69) is 5.32 Å². The number of halogens is 2. The number of carbonyl (C=O) groups is 1. The van der Waals surface area contributed by atoms with Crippen molar-refractivity contribution in [2.45, 2.75) is 44.1 Å². The predicted molar refractivity (Wildman–Crippen MR) is 62.1 cm³/mol. The first-order valence-electron chi connectivity index (χ1n) is 5.66. The van der Waals surface area contributed by atoms with Crippen molar-refractivity contribution < 1.29 is 76.8 Å². The largest absolute Gasteiger partial charge is 4.00 e. The van der Waals surface area contributed by atoms with Crippen LogP contribution in [0.5, 0.6) is 0 Å². The average Bonchev–Trinajstić information content (AvgIpc) is 1.96. The maximum Gasteiger partial charge on any atom is 4.00 e. The monoisotopic (exact) mass is 689 g/mol. The van der Waals surface area contributed by atoms with E-state index in [4.69, 9.17) is 5.11 Å². The summed E-state index contributed by atoms with van der Waals surface area (Å²) in [6.45, 7) is 0. The summed E-state index contributed by atoms with van der Waals surface area (Å²) in [4.78, 5) is 10.8. The van der Waals surface area contributed by atoms with Gasteiger partial charge in [0.05, 0.1) is 0 Å². The van der Waals surface area contributed by atoms with Gasteiger partial charge in [-0.1, -0.05) is 0 Å². The fourth-order valence-corrected chi connectivity index (χ4v) is 4.49. The van der Waals surface area contributed by atoms with Gasteiger partial charge < -0.3 is 47.5 Å². The van der Waals surface area contributed by atoms with Crippen molar-refractivity contribution in [3.05, 3.63) is 0 Å². The molecular weight excluding hydrogens is 667 g/mol. The SMILES string of the molecule is N.N.O=C(O)NC12CC3CC(CC(C3)C1)C2.[Cl-].[Cl-].[Pt+4].[Pt+4]. The van der Waals surface area contributed by atoms with Crippen LogP contribution in [-0.2, 0) is 42.1 Å². The molecule has 9 heteroatoms. The Kier molecular flexibility index (Phi) is 15.8. The number of rotatable bonds is 1. The molecule has 0 aromatic heterocycles. The minimum absolute atomic E-state index is 0. The Morgan fingerprint density at radius 1 is 0.900 bits per heavy atom. The molecule has 4 fully saturated rings. The van der Waals surface area contributed by atoms with Crippen molar-refractivity contribution in [1.29, 1.82) is 0 Å². The molecule has 122 valence electrons. The molecule has 4 bridgehead atoms. The molecule has 4 aliphatic rings. The van der Waals surface area contributed by atoms with Gasteiger partial charge in [0.1, 0.15) is 0 Å². The van der Waals surface area contributed by atoms with E-state index in [0.29, 0.717) is 0 Å². The van der Waals surface area contributed by atoms with Crippen molar-refractivity contribution in [3.63, 3.8) is 0 Å². The molecule has 0 aromatic carbocycles. The van der Waals surface area contributed by atoms with Crippen LogP contribution in [0.3, 0.4) is 0 Å². The van der Waals surface area contributed by atoms with E-state index >= 15 is 0 Å². The molecule has 5 nitrogen and oxygen atoms in total. The molecule has 0 radical (unpaired) electrons. The number of hydrogen-bond acceptors (Lipinski definition) is 3. The fourth-order valence-electron chi connectivity index (χ4n) is 4.49. The Hall–Kier alpha value is 1.15. The Bertz CT molecular complexity index is 264. The molecule has 0 saturated heterocycles. The third-order valence-electron chi connectivity index (χ3n) is 4.41. The maximum atomic E-state index is 10.8. The molecular formula is C11H23Cl2N3O2Pt2+6. The van der Waals surface area contributed by atoms with Crippen molar-refractivity contribution in [2.24, 2.45) is 17.8 Å². The van der Waals surface area contributed by atoms with Crippen molar-refractivity contribution in [3.8, 4) is 0 Å². The summed E-state index contributed by atoms with van der Waals surface area (Å²) in [5.41, 5.74) is -0.0272. The van der Waals surface area contributed by atoms with Crippen molar-refractivity contribution in [1.82, 2.24) is 17.6 Å². The first kappa shape index (κ1) is 29.2. The quantitative estimate of drug-likeness (QED) is 0.229. The molecule has 8 N–H and O–H groups in total. The molecule has 0 aliphatic heterocycles. The molecule has 4 rings (SSSR count). The van der Waals surface area contributed by atoms with E-state index < -0.39 is 6.09 Å². The zero-order valence-electron chi connectivity index (χ0n) is 11.1. The van der Waals surface area contributed by atoms with Gasteiger partial charge in [0.2, 0.25) is 0 Å². The summed E-state index contributed by atoms with van der Waals surface area (Å²) in [5.74, 6) is 2.44. The maximum absolute atomic E-state index is 10.8. The van der Waals surface area contributed by atoms with Crippen LogP contribution < -0.4 is 42.4 Å². The molecule has 0 atom stereocenters. The zero-order valence-corrected chi connectivity index (χ0v) is 17.2. The van der Waals surface area contributed by atoms with E-state index in [1.807, 2.05) is 0 Å². The van der Waals surface area contributed by atoms with Crippen molar-refractivity contribution >= 4 is 6.09 Å². The standard InChI is InChI=1S/C11H17NO2.2ClH.2H3N.2Pt/c13-10(14)12-11-4-7-1-8(5-11)3-9(2-7)6-11;;;;;;/h7-9,12H,1-6H2,(H,13,14);2*1H;2*1H3;;/q;;;;;2*+4/p-2. The summed E-state index contributed by atoms with van der Waals surface area (Å²) in [6.07, 6.45) is 6.57. The molecule has 0 spiro atoms. The smallest absolute Gasteiger partial charge is 1.00 e. The molecule has 20 heavy (non-hydrogen) atoms. The van der Waals surface area contributed by atoms with Crippen LogP contribution in [0.4, 0.5) is 4.79 Å². The van der Waals surface area contributed by atoms with Crippen molar-refractivity contribution in [2.75, 3.05) is 0 Å². The van der Waals surface area contributed by atoms with Gasteiger partial charge in [-0.25, -0.2) is 4.79 Å². The van der Waals surface area contributed by atoms with Gasteiger partial charge in [0.25, 0.3) is 0 Å². The van der Waals surface area contributed by atoms with Gasteiger partial charge in [0.15, 0.2) is 0 Å². The van der Waals surface area contributed by atoms with Crippen LogP contribution >= 0.6 is 0 Å². The van der Waals surface area contributed by atoms with Gasteiger partial charge >= 0.3 is 48.2 Å². The molecule has 1 amide bonds. The molecule has 4 aliphatic carbocycles. The van der Waals surface area contributed by atoms with Gasteiger partial charge in [-0.05, 0) is 56.3 Å². The summed E-state index contributed by atoms with van der Waals surface area (Å²) in [7, 11) is 0.